The average molecular weight is 281 g/mol. The number of alkyl halides is 4. The Kier molecular flexibility index (Phi) is 3.10. The highest BCUT2D eigenvalue weighted by atomic mass is 19.3. The summed E-state index contributed by atoms with van der Waals surface area (Å²) in [6, 6.07) is -1.32. The van der Waals surface area contributed by atoms with E-state index in [0.717, 1.165) is 0 Å². The Labute approximate surface area is 107 Å². The molecule has 0 saturated heterocycles. The van der Waals surface area contributed by atoms with Gasteiger partial charge in [0.25, 0.3) is 11.8 Å². The third-order valence-electron chi connectivity index (χ3n) is 3.40. The maximum Gasteiger partial charge on any atom is 0.252 e. The lowest BCUT2D eigenvalue weighted by molar-refractivity contribution is -0.156. The number of nitrogens with one attached hydrogen (secondary N) is 1. The first-order valence-corrected chi connectivity index (χ1v) is 5.82. The molecule has 5 N–H and O–H groups in total. The quantitative estimate of drug-likeness (QED) is 0.402. The zero-order valence-corrected chi connectivity index (χ0v) is 10.0. The van der Waals surface area contributed by atoms with E-state index in [0.29, 0.717) is 0 Å². The van der Waals surface area contributed by atoms with Crippen molar-refractivity contribution in [1.29, 1.82) is 5.41 Å². The van der Waals surface area contributed by atoms with E-state index in [2.05, 4.69) is 4.99 Å². The molecule has 0 aromatic heterocycles. The Hall–Kier alpha value is -1.54. The van der Waals surface area contributed by atoms with Gasteiger partial charge in [-0.15, -0.1) is 0 Å². The largest absolute Gasteiger partial charge is 0.370 e. The van der Waals surface area contributed by atoms with Crippen LogP contribution in [0.4, 0.5) is 17.6 Å². The molecule has 2 saturated carbocycles. The van der Waals surface area contributed by atoms with Gasteiger partial charge in [-0.2, -0.15) is 4.99 Å². The molecule has 2 fully saturated rings. The Morgan fingerprint density at radius 2 is 1.37 bits per heavy atom. The molecule has 5 nitrogen and oxygen atoms in total. The van der Waals surface area contributed by atoms with Crippen LogP contribution in [-0.2, 0) is 0 Å². The topological polar surface area (TPSA) is 91.5 Å². The molecule has 2 rings (SSSR count). The van der Waals surface area contributed by atoms with Crippen molar-refractivity contribution in [3.63, 3.8) is 0 Å². The highest BCUT2D eigenvalue weighted by molar-refractivity contribution is 5.92. The predicted octanol–water partition coefficient (Wildman–Crippen LogP) is 1.09. The number of nitrogens with two attached hydrogens (primary N) is 2. The molecular weight excluding hydrogens is 266 g/mol. The van der Waals surface area contributed by atoms with E-state index >= 15 is 0 Å². The Bertz CT molecular complexity index is 378. The molecule has 9 heteroatoms. The molecule has 108 valence electrons. The molecule has 0 spiro atoms. The van der Waals surface area contributed by atoms with Crippen molar-refractivity contribution in [2.24, 2.45) is 16.5 Å². The van der Waals surface area contributed by atoms with Crippen LogP contribution in [0.3, 0.4) is 0 Å². The number of halogens is 4. The smallest absolute Gasteiger partial charge is 0.252 e. The summed E-state index contributed by atoms with van der Waals surface area (Å²) in [6.07, 6.45) is -1.84. The second kappa shape index (κ2) is 4.24. The fourth-order valence-electron chi connectivity index (χ4n) is 2.48. The minimum atomic E-state index is -2.80. The van der Waals surface area contributed by atoms with Crippen LogP contribution in [-0.4, -0.2) is 40.7 Å². The van der Waals surface area contributed by atoms with Crippen LogP contribution in [0.5, 0.6) is 0 Å². The van der Waals surface area contributed by atoms with Crippen LogP contribution in [0.2, 0.25) is 0 Å². The van der Waals surface area contributed by atoms with Gasteiger partial charge in [-0.3, -0.25) is 5.41 Å². The van der Waals surface area contributed by atoms with Crippen LogP contribution >= 0.6 is 0 Å². The fourth-order valence-corrected chi connectivity index (χ4v) is 2.48. The summed E-state index contributed by atoms with van der Waals surface area (Å²) in [5.41, 5.74) is 10.2. The van der Waals surface area contributed by atoms with Crippen molar-refractivity contribution in [3.8, 4) is 0 Å². The van der Waals surface area contributed by atoms with Crippen molar-refractivity contribution < 1.29 is 17.6 Å². The van der Waals surface area contributed by atoms with Gasteiger partial charge in [0.2, 0.25) is 5.96 Å². The minimum absolute atomic E-state index is 0.396. The number of guanidine groups is 2. The Morgan fingerprint density at radius 1 is 1.00 bits per heavy atom. The van der Waals surface area contributed by atoms with Gasteiger partial charge in [0.1, 0.15) is 0 Å². The van der Waals surface area contributed by atoms with Crippen molar-refractivity contribution >= 4 is 11.9 Å². The highest BCUT2D eigenvalue weighted by Gasteiger charge is 2.55. The van der Waals surface area contributed by atoms with Crippen molar-refractivity contribution in [3.05, 3.63) is 0 Å². The molecule has 0 radical (unpaired) electrons. The van der Waals surface area contributed by atoms with Gasteiger partial charge >= 0.3 is 0 Å². The van der Waals surface area contributed by atoms with E-state index in [1.807, 2.05) is 0 Å². The standard InChI is InChI=1S/C10H15F4N5/c11-9(12)1-5(2-9)19(8(17)18-7(15)16)6-3-10(13,14)4-6/h5-6H,1-4H2,(H5,15,16,17,18). The molecule has 0 heterocycles. The fraction of sp³-hybridized carbons (Fsp3) is 0.800. The molecule has 2 aliphatic rings. The van der Waals surface area contributed by atoms with E-state index < -0.39 is 61.5 Å². The van der Waals surface area contributed by atoms with Crippen LogP contribution in [0.25, 0.3) is 0 Å². The minimum Gasteiger partial charge on any atom is -0.370 e. The van der Waals surface area contributed by atoms with Gasteiger partial charge in [-0.05, 0) is 0 Å². The van der Waals surface area contributed by atoms with Crippen molar-refractivity contribution in [1.82, 2.24) is 4.90 Å². The van der Waals surface area contributed by atoms with Gasteiger partial charge in [-0.1, -0.05) is 0 Å². The first-order valence-electron chi connectivity index (χ1n) is 5.82. The van der Waals surface area contributed by atoms with Crippen LogP contribution < -0.4 is 11.5 Å². The van der Waals surface area contributed by atoms with Crippen molar-refractivity contribution in [2.75, 3.05) is 0 Å². The molecular formula is C10H15F4N5. The SMILES string of the molecule is N=C(N=C(N)N)N(C1CC(F)(F)C1)C1CC(F)(F)C1. The Morgan fingerprint density at radius 3 is 1.63 bits per heavy atom. The van der Waals surface area contributed by atoms with Crippen LogP contribution in [0, 0.1) is 5.41 Å². The zero-order chi connectivity index (χ0) is 14.4. The maximum atomic E-state index is 12.9. The Balaban J connectivity index is 2.07. The number of hydrogen-bond acceptors (Lipinski definition) is 1. The van der Waals surface area contributed by atoms with Gasteiger partial charge in [-0.25, -0.2) is 17.6 Å². The lowest BCUT2D eigenvalue weighted by atomic mass is 9.80. The van der Waals surface area contributed by atoms with Gasteiger partial charge in [0.15, 0.2) is 5.96 Å². The van der Waals surface area contributed by atoms with E-state index in [4.69, 9.17) is 16.9 Å². The first-order chi connectivity index (χ1) is 8.60. The van der Waals surface area contributed by atoms with Crippen LogP contribution in [0.15, 0.2) is 4.99 Å². The summed E-state index contributed by atoms with van der Waals surface area (Å²) >= 11 is 0. The number of aliphatic imine (C=N–C) groups is 1. The number of nitrogens with zero attached hydrogens (tertiary/aromatic N) is 2. The summed E-state index contributed by atoms with van der Waals surface area (Å²) < 4.78 is 51.5. The number of hydrogen-bond donors (Lipinski definition) is 3. The van der Waals surface area contributed by atoms with Crippen molar-refractivity contribution in [2.45, 2.75) is 49.6 Å². The molecule has 0 atom stereocenters. The van der Waals surface area contributed by atoms with Crippen LogP contribution in [0.1, 0.15) is 25.7 Å². The number of rotatable bonds is 2. The molecule has 0 aromatic rings. The average Bonchev–Trinajstić information content (AvgIpc) is 2.10. The van der Waals surface area contributed by atoms with E-state index in [-0.39, 0.29) is 0 Å². The van der Waals surface area contributed by atoms with Gasteiger partial charge in [0, 0.05) is 37.8 Å². The van der Waals surface area contributed by atoms with E-state index in [1.54, 1.807) is 0 Å². The summed E-state index contributed by atoms with van der Waals surface area (Å²) in [7, 11) is 0. The summed E-state index contributed by atoms with van der Waals surface area (Å²) in [5.74, 6) is -6.42. The molecule has 0 bridgehead atoms. The summed E-state index contributed by atoms with van der Waals surface area (Å²) in [4.78, 5) is 4.66. The normalized spacial score (nSPS) is 25.1. The predicted molar refractivity (Wildman–Crippen MR) is 61.3 cm³/mol. The molecule has 19 heavy (non-hydrogen) atoms. The third-order valence-corrected chi connectivity index (χ3v) is 3.40. The second-order valence-corrected chi connectivity index (χ2v) is 5.10. The van der Waals surface area contributed by atoms with E-state index in [9.17, 15) is 17.6 Å². The molecule has 0 amide bonds. The molecule has 0 unspecified atom stereocenters. The third kappa shape index (κ3) is 2.90. The maximum absolute atomic E-state index is 12.9. The lowest BCUT2D eigenvalue weighted by Crippen LogP contribution is -2.61. The first kappa shape index (κ1) is 13.9. The molecule has 2 aliphatic carbocycles. The molecule has 0 aliphatic heterocycles. The zero-order valence-electron chi connectivity index (χ0n) is 10.0. The highest BCUT2D eigenvalue weighted by Crippen LogP contribution is 2.47. The van der Waals surface area contributed by atoms with Gasteiger partial charge in [0.05, 0.1) is 0 Å². The molecule has 0 aromatic carbocycles. The second-order valence-electron chi connectivity index (χ2n) is 5.10. The monoisotopic (exact) mass is 281 g/mol. The summed E-state index contributed by atoms with van der Waals surface area (Å²) in [6.45, 7) is 0. The van der Waals surface area contributed by atoms with Gasteiger partial charge < -0.3 is 16.4 Å². The lowest BCUT2D eigenvalue weighted by Gasteiger charge is -2.50. The summed E-state index contributed by atoms with van der Waals surface area (Å²) in [5, 5.41) is 7.66. The van der Waals surface area contributed by atoms with E-state index in [1.165, 1.54) is 4.90 Å².